The third-order valence-electron chi connectivity index (χ3n) is 4.53. The number of fused-ring (bicyclic) bond motifs is 1. The van der Waals surface area contributed by atoms with Crippen molar-refractivity contribution in [1.29, 1.82) is 0 Å². The van der Waals surface area contributed by atoms with Gasteiger partial charge in [0.25, 0.3) is 5.91 Å². The molecule has 12 heteroatoms. The van der Waals surface area contributed by atoms with E-state index in [1.54, 1.807) is 12.3 Å². The van der Waals surface area contributed by atoms with Crippen molar-refractivity contribution in [2.45, 2.75) is 25.3 Å². The number of rotatable bonds is 8. The Balaban J connectivity index is 1.78. The Kier molecular flexibility index (Phi) is 6.25. The standard InChI is InChI=1S/C19H18ClN5O6/c20-11-6-8(5-9-7-22-15-14(9)17(29)25-19(21)24-15)1-2-10(11)16(28)23-12(18(30)31)3-4-13(26)27/h1-2,6-7,12H,3-5H2,(H,23,28)(H,26,27)(H,30,31)(H4,21,22,24,25,29)/t12-/m0/s1. The van der Waals surface area contributed by atoms with Crippen LogP contribution in [0.2, 0.25) is 5.02 Å². The Morgan fingerprint density at radius 2 is 1.97 bits per heavy atom. The average Bonchev–Trinajstić information content (AvgIpc) is 3.07. The van der Waals surface area contributed by atoms with Gasteiger partial charge in [-0.15, -0.1) is 0 Å². The fourth-order valence-corrected chi connectivity index (χ4v) is 3.36. The van der Waals surface area contributed by atoms with Crippen molar-refractivity contribution < 1.29 is 29.7 Å². The number of carbonyl (C=O) groups excluding carboxylic acids is 1. The van der Waals surface area contributed by atoms with Crippen molar-refractivity contribution in [2.75, 3.05) is 5.73 Å². The molecule has 11 nitrogen and oxygen atoms in total. The van der Waals surface area contributed by atoms with Gasteiger partial charge in [0.15, 0.2) is 0 Å². The van der Waals surface area contributed by atoms with Crippen LogP contribution in [0.4, 0.5) is 5.95 Å². The first kappa shape index (κ1) is 21.8. The van der Waals surface area contributed by atoms with E-state index in [1.165, 1.54) is 12.1 Å². The zero-order chi connectivity index (χ0) is 22.7. The number of nitrogens with two attached hydrogens (primary N) is 1. The van der Waals surface area contributed by atoms with E-state index >= 15 is 0 Å². The fourth-order valence-electron chi connectivity index (χ4n) is 3.07. The molecule has 31 heavy (non-hydrogen) atoms. The van der Waals surface area contributed by atoms with E-state index in [0.717, 1.165) is 0 Å². The second kappa shape index (κ2) is 8.88. The topological polar surface area (TPSA) is 192 Å². The number of carboxylic acids is 2. The number of nitrogens with one attached hydrogen (secondary N) is 2. The highest BCUT2D eigenvalue weighted by Gasteiger charge is 2.23. The summed E-state index contributed by atoms with van der Waals surface area (Å²) >= 11 is 6.22. The van der Waals surface area contributed by atoms with Gasteiger partial charge in [-0.05, 0) is 36.1 Å². The van der Waals surface area contributed by atoms with Crippen LogP contribution in [0, 0.1) is 0 Å². The number of carboxylic acid groups (broad SMARTS) is 2. The number of hydrogen-bond donors (Lipinski definition) is 6. The molecule has 1 aromatic carbocycles. The van der Waals surface area contributed by atoms with Crippen molar-refractivity contribution in [3.63, 3.8) is 0 Å². The van der Waals surface area contributed by atoms with E-state index in [9.17, 15) is 24.6 Å². The summed E-state index contributed by atoms with van der Waals surface area (Å²) in [4.78, 5) is 45.0. The number of nitrogen functional groups attached to an aromatic ring is 1. The van der Waals surface area contributed by atoms with Gasteiger partial charge in [-0.1, -0.05) is 17.7 Å². The van der Waals surface area contributed by atoms with Gasteiger partial charge in [-0.2, -0.15) is 9.97 Å². The molecule has 0 aliphatic carbocycles. The SMILES string of the molecule is Nc1nc(O)c2c(Cc3ccc(C(=O)N[C@@H](CCC(=O)O)C(=O)O)c(Cl)c3)c[nH]c2n1. The average molecular weight is 448 g/mol. The second-order valence-electron chi connectivity index (χ2n) is 6.73. The number of amides is 1. The highest BCUT2D eigenvalue weighted by atomic mass is 35.5. The van der Waals surface area contributed by atoms with Gasteiger partial charge in [0.05, 0.1) is 16.0 Å². The van der Waals surface area contributed by atoms with Crippen LogP contribution in [0.15, 0.2) is 24.4 Å². The Labute approximate surface area is 179 Å². The smallest absolute Gasteiger partial charge is 0.326 e. The third-order valence-corrected chi connectivity index (χ3v) is 4.85. The van der Waals surface area contributed by atoms with Gasteiger partial charge in [0, 0.05) is 12.6 Å². The van der Waals surface area contributed by atoms with Gasteiger partial charge in [0.2, 0.25) is 11.8 Å². The molecule has 0 aliphatic rings. The summed E-state index contributed by atoms with van der Waals surface area (Å²) in [5.74, 6) is -3.58. The summed E-state index contributed by atoms with van der Waals surface area (Å²) in [7, 11) is 0. The lowest BCUT2D eigenvalue weighted by Gasteiger charge is -2.14. The highest BCUT2D eigenvalue weighted by Crippen LogP contribution is 2.28. The zero-order valence-electron chi connectivity index (χ0n) is 15.9. The lowest BCUT2D eigenvalue weighted by atomic mass is 10.0. The number of aromatic hydroxyl groups is 1. The first-order chi connectivity index (χ1) is 14.7. The van der Waals surface area contributed by atoms with Crippen LogP contribution in [0.1, 0.15) is 34.3 Å². The molecular formula is C19H18ClN5O6. The molecule has 3 aromatic rings. The number of benzene rings is 1. The summed E-state index contributed by atoms with van der Waals surface area (Å²) in [5, 5.41) is 30.7. The van der Waals surface area contributed by atoms with E-state index in [4.69, 9.17) is 22.4 Å². The fraction of sp³-hybridized carbons (Fsp3) is 0.211. The molecule has 0 aliphatic heterocycles. The maximum absolute atomic E-state index is 12.4. The number of anilines is 1. The maximum Gasteiger partial charge on any atom is 0.326 e. The van der Waals surface area contributed by atoms with E-state index < -0.39 is 30.3 Å². The van der Waals surface area contributed by atoms with Crippen molar-refractivity contribution in [1.82, 2.24) is 20.3 Å². The molecule has 1 atom stereocenters. The van der Waals surface area contributed by atoms with Crippen molar-refractivity contribution in [2.24, 2.45) is 0 Å². The second-order valence-corrected chi connectivity index (χ2v) is 7.14. The van der Waals surface area contributed by atoms with E-state index in [1.807, 2.05) is 0 Å². The summed E-state index contributed by atoms with van der Waals surface area (Å²) < 4.78 is 0. The van der Waals surface area contributed by atoms with E-state index in [-0.39, 0.29) is 28.8 Å². The van der Waals surface area contributed by atoms with Crippen LogP contribution < -0.4 is 11.1 Å². The van der Waals surface area contributed by atoms with Crippen molar-refractivity contribution in [3.8, 4) is 5.88 Å². The highest BCUT2D eigenvalue weighted by molar-refractivity contribution is 6.34. The Hall–Kier alpha value is -3.86. The molecule has 0 unspecified atom stereocenters. The van der Waals surface area contributed by atoms with Crippen LogP contribution in [0.25, 0.3) is 11.0 Å². The quantitative estimate of drug-likeness (QED) is 0.297. The van der Waals surface area contributed by atoms with Gasteiger partial charge in [-0.25, -0.2) is 4.79 Å². The molecule has 1 amide bonds. The molecule has 0 saturated carbocycles. The third kappa shape index (κ3) is 5.01. The molecular weight excluding hydrogens is 430 g/mol. The van der Waals surface area contributed by atoms with Gasteiger partial charge in [0.1, 0.15) is 11.7 Å². The van der Waals surface area contributed by atoms with Crippen LogP contribution in [0.5, 0.6) is 5.88 Å². The molecule has 0 fully saturated rings. The molecule has 0 spiro atoms. The summed E-state index contributed by atoms with van der Waals surface area (Å²) in [6.45, 7) is 0. The first-order valence-electron chi connectivity index (χ1n) is 9.02. The number of hydrogen-bond acceptors (Lipinski definition) is 7. The zero-order valence-corrected chi connectivity index (χ0v) is 16.7. The molecule has 0 saturated heterocycles. The van der Waals surface area contributed by atoms with Crippen LogP contribution in [-0.4, -0.2) is 54.2 Å². The lowest BCUT2D eigenvalue weighted by molar-refractivity contribution is -0.140. The van der Waals surface area contributed by atoms with Crippen molar-refractivity contribution >= 4 is 46.4 Å². The van der Waals surface area contributed by atoms with Crippen molar-refractivity contribution in [3.05, 3.63) is 46.1 Å². The number of aromatic nitrogens is 3. The molecule has 7 N–H and O–H groups in total. The maximum atomic E-state index is 12.4. The van der Waals surface area contributed by atoms with Crippen LogP contribution in [0.3, 0.4) is 0 Å². The Morgan fingerprint density at radius 1 is 1.23 bits per heavy atom. The molecule has 2 heterocycles. The van der Waals surface area contributed by atoms with Crippen LogP contribution in [-0.2, 0) is 16.0 Å². The number of aliphatic carboxylic acids is 2. The predicted octanol–water partition coefficient (Wildman–Crippen LogP) is 1.54. The number of halogens is 1. The largest absolute Gasteiger partial charge is 0.493 e. The first-order valence-corrected chi connectivity index (χ1v) is 9.39. The van der Waals surface area contributed by atoms with E-state index in [0.29, 0.717) is 28.6 Å². The monoisotopic (exact) mass is 447 g/mol. The number of nitrogens with zero attached hydrogens (tertiary/aromatic N) is 2. The van der Waals surface area contributed by atoms with Gasteiger partial charge >= 0.3 is 11.9 Å². The molecule has 2 aromatic heterocycles. The minimum Gasteiger partial charge on any atom is -0.493 e. The minimum absolute atomic E-state index is 0.0462. The summed E-state index contributed by atoms with van der Waals surface area (Å²) in [6, 6.07) is 3.24. The minimum atomic E-state index is -1.36. The predicted molar refractivity (Wildman–Crippen MR) is 110 cm³/mol. The Bertz CT molecular complexity index is 1180. The molecule has 0 radical (unpaired) electrons. The van der Waals surface area contributed by atoms with E-state index in [2.05, 4.69) is 20.3 Å². The van der Waals surface area contributed by atoms with Crippen LogP contribution >= 0.6 is 11.6 Å². The Morgan fingerprint density at radius 3 is 2.61 bits per heavy atom. The lowest BCUT2D eigenvalue weighted by Crippen LogP contribution is -2.41. The summed E-state index contributed by atoms with van der Waals surface area (Å²) in [5.41, 5.74) is 7.33. The number of aromatic amines is 1. The van der Waals surface area contributed by atoms with Gasteiger partial charge in [-0.3, -0.25) is 9.59 Å². The number of H-pyrrole nitrogens is 1. The normalized spacial score (nSPS) is 11.9. The van der Waals surface area contributed by atoms with Gasteiger partial charge < -0.3 is 31.4 Å². The molecule has 0 bridgehead atoms. The molecule has 3 rings (SSSR count). The molecule has 162 valence electrons. The summed E-state index contributed by atoms with van der Waals surface area (Å²) in [6.07, 6.45) is 1.31. The number of carbonyl (C=O) groups is 3.